The van der Waals surface area contributed by atoms with Crippen LogP contribution in [0.15, 0.2) is 18.2 Å². The first-order chi connectivity index (χ1) is 9.49. The summed E-state index contributed by atoms with van der Waals surface area (Å²) in [5, 5.41) is 11.4. The van der Waals surface area contributed by atoms with Gasteiger partial charge in [0.1, 0.15) is 5.56 Å². The minimum atomic E-state index is -0.538. The average Bonchev–Trinajstić information content (AvgIpc) is 2.62. The van der Waals surface area contributed by atoms with Crippen LogP contribution >= 0.6 is 11.6 Å². The van der Waals surface area contributed by atoms with Gasteiger partial charge in [-0.25, -0.2) is 0 Å². The fourth-order valence-electron chi connectivity index (χ4n) is 2.48. The molecule has 1 atom stereocenters. The molecule has 2 rings (SSSR count). The molecule has 0 bridgehead atoms. The number of nitro benzene ring substituents is 1. The normalized spacial score (nSPS) is 19.5. The smallest absolute Gasteiger partial charge is 0.282 e. The van der Waals surface area contributed by atoms with Crippen molar-refractivity contribution in [3.05, 3.63) is 38.9 Å². The Morgan fingerprint density at radius 3 is 2.85 bits per heavy atom. The Morgan fingerprint density at radius 1 is 1.40 bits per heavy atom. The summed E-state index contributed by atoms with van der Waals surface area (Å²) >= 11 is 5.87. The molecule has 1 aliphatic heterocycles. The van der Waals surface area contributed by atoms with Gasteiger partial charge < -0.3 is 4.90 Å². The predicted octanol–water partition coefficient (Wildman–Crippen LogP) is 3.51. The SMILES string of the molecule is CC1CCCN(C(=O)c2cc(Cl)ccc2[N+](=O)[O-])CC1. The van der Waals surface area contributed by atoms with Gasteiger partial charge in [0.05, 0.1) is 4.92 Å². The molecule has 1 saturated heterocycles. The van der Waals surface area contributed by atoms with Crippen molar-refractivity contribution >= 4 is 23.2 Å². The van der Waals surface area contributed by atoms with Crippen LogP contribution in [0.25, 0.3) is 0 Å². The largest absolute Gasteiger partial charge is 0.338 e. The van der Waals surface area contributed by atoms with Crippen LogP contribution in [-0.4, -0.2) is 28.8 Å². The molecule has 108 valence electrons. The summed E-state index contributed by atoms with van der Waals surface area (Å²) in [6, 6.07) is 4.10. The molecule has 1 aromatic rings. The van der Waals surface area contributed by atoms with Gasteiger partial charge in [-0.1, -0.05) is 18.5 Å². The molecule has 1 amide bonds. The monoisotopic (exact) mass is 296 g/mol. The zero-order chi connectivity index (χ0) is 14.7. The molecule has 0 N–H and O–H groups in total. The number of benzene rings is 1. The second-order valence-corrected chi connectivity index (χ2v) is 5.68. The topological polar surface area (TPSA) is 63.5 Å². The molecule has 1 aromatic carbocycles. The maximum atomic E-state index is 12.5. The van der Waals surface area contributed by atoms with Gasteiger partial charge in [0.25, 0.3) is 11.6 Å². The predicted molar refractivity (Wildman–Crippen MR) is 77.0 cm³/mol. The first kappa shape index (κ1) is 14.8. The number of carbonyl (C=O) groups excluding carboxylic acids is 1. The van der Waals surface area contributed by atoms with Crippen LogP contribution in [0.5, 0.6) is 0 Å². The lowest BCUT2D eigenvalue weighted by atomic mass is 10.0. The zero-order valence-electron chi connectivity index (χ0n) is 11.3. The van der Waals surface area contributed by atoms with E-state index < -0.39 is 4.92 Å². The third kappa shape index (κ3) is 3.28. The minimum Gasteiger partial charge on any atom is -0.338 e. The van der Waals surface area contributed by atoms with Crippen molar-refractivity contribution in [2.45, 2.75) is 26.2 Å². The molecular weight excluding hydrogens is 280 g/mol. The van der Waals surface area contributed by atoms with E-state index in [0.29, 0.717) is 24.0 Å². The maximum Gasteiger partial charge on any atom is 0.282 e. The van der Waals surface area contributed by atoms with Gasteiger partial charge in [-0.3, -0.25) is 14.9 Å². The van der Waals surface area contributed by atoms with Crippen molar-refractivity contribution in [2.24, 2.45) is 5.92 Å². The fraction of sp³-hybridized carbons (Fsp3) is 0.500. The van der Waals surface area contributed by atoms with Crippen LogP contribution in [0.3, 0.4) is 0 Å². The standard InChI is InChI=1S/C14H17ClN2O3/c1-10-3-2-7-16(8-6-10)14(18)12-9-11(15)4-5-13(12)17(19)20/h4-5,9-10H,2-3,6-8H2,1H3. The molecule has 0 aliphatic carbocycles. The Morgan fingerprint density at radius 2 is 2.15 bits per heavy atom. The highest BCUT2D eigenvalue weighted by atomic mass is 35.5. The summed E-state index contributed by atoms with van der Waals surface area (Å²) in [5.41, 5.74) is -0.103. The third-order valence-electron chi connectivity index (χ3n) is 3.69. The Labute approximate surface area is 122 Å². The van der Waals surface area contributed by atoms with Crippen LogP contribution in [0, 0.1) is 16.0 Å². The summed E-state index contributed by atoms with van der Waals surface area (Å²) in [5.74, 6) is 0.287. The van der Waals surface area contributed by atoms with E-state index in [4.69, 9.17) is 11.6 Å². The number of hydrogen-bond acceptors (Lipinski definition) is 3. The zero-order valence-corrected chi connectivity index (χ0v) is 12.1. The van der Waals surface area contributed by atoms with Gasteiger partial charge in [-0.05, 0) is 37.3 Å². The average molecular weight is 297 g/mol. The highest BCUT2D eigenvalue weighted by molar-refractivity contribution is 6.31. The van der Waals surface area contributed by atoms with Gasteiger partial charge in [-0.15, -0.1) is 0 Å². The summed E-state index contributed by atoms with van der Waals surface area (Å²) in [4.78, 5) is 24.7. The number of nitrogens with zero attached hydrogens (tertiary/aromatic N) is 2. The van der Waals surface area contributed by atoms with Gasteiger partial charge in [0, 0.05) is 24.2 Å². The first-order valence-electron chi connectivity index (χ1n) is 6.72. The summed E-state index contributed by atoms with van der Waals surface area (Å²) < 4.78 is 0. The van der Waals surface area contributed by atoms with Gasteiger partial charge in [-0.2, -0.15) is 0 Å². The molecule has 6 heteroatoms. The van der Waals surface area contributed by atoms with E-state index in [2.05, 4.69) is 6.92 Å². The van der Waals surface area contributed by atoms with Gasteiger partial charge in [0.2, 0.25) is 0 Å². The van der Waals surface area contributed by atoms with Crippen molar-refractivity contribution in [3.8, 4) is 0 Å². The quantitative estimate of drug-likeness (QED) is 0.619. The molecule has 1 unspecified atom stereocenters. The summed E-state index contributed by atoms with van der Waals surface area (Å²) in [7, 11) is 0. The third-order valence-corrected chi connectivity index (χ3v) is 3.92. The molecule has 0 radical (unpaired) electrons. The van der Waals surface area contributed by atoms with Crippen LogP contribution in [0.4, 0.5) is 5.69 Å². The van der Waals surface area contributed by atoms with E-state index in [-0.39, 0.29) is 17.2 Å². The van der Waals surface area contributed by atoms with Gasteiger partial charge >= 0.3 is 0 Å². The molecular formula is C14H17ClN2O3. The van der Waals surface area contributed by atoms with E-state index in [1.165, 1.54) is 18.2 Å². The summed E-state index contributed by atoms with van der Waals surface area (Å²) in [6.45, 7) is 3.45. The molecule has 0 saturated carbocycles. The molecule has 20 heavy (non-hydrogen) atoms. The lowest BCUT2D eigenvalue weighted by molar-refractivity contribution is -0.385. The Kier molecular flexibility index (Phi) is 4.60. The first-order valence-corrected chi connectivity index (χ1v) is 7.10. The van der Waals surface area contributed by atoms with Crippen LogP contribution in [0.1, 0.15) is 36.5 Å². The highest BCUT2D eigenvalue weighted by Gasteiger charge is 2.26. The molecule has 1 heterocycles. The lowest BCUT2D eigenvalue weighted by Gasteiger charge is -2.20. The second-order valence-electron chi connectivity index (χ2n) is 5.25. The van der Waals surface area contributed by atoms with Crippen molar-refractivity contribution in [1.82, 2.24) is 4.90 Å². The second kappa shape index (κ2) is 6.22. The molecule has 0 spiro atoms. The van der Waals surface area contributed by atoms with Crippen molar-refractivity contribution in [1.29, 1.82) is 0 Å². The molecule has 1 fully saturated rings. The number of nitro groups is 1. The maximum absolute atomic E-state index is 12.5. The van der Waals surface area contributed by atoms with Crippen molar-refractivity contribution in [2.75, 3.05) is 13.1 Å². The van der Waals surface area contributed by atoms with E-state index in [0.717, 1.165) is 19.3 Å². The molecule has 0 aromatic heterocycles. The van der Waals surface area contributed by atoms with Crippen molar-refractivity contribution < 1.29 is 9.72 Å². The van der Waals surface area contributed by atoms with Crippen LogP contribution in [0.2, 0.25) is 5.02 Å². The molecule has 1 aliphatic rings. The number of carbonyl (C=O) groups is 1. The van der Waals surface area contributed by atoms with Crippen LogP contribution in [-0.2, 0) is 0 Å². The lowest BCUT2D eigenvalue weighted by Crippen LogP contribution is -2.32. The van der Waals surface area contributed by atoms with E-state index in [9.17, 15) is 14.9 Å². The fourth-order valence-corrected chi connectivity index (χ4v) is 2.65. The number of hydrogen-bond donors (Lipinski definition) is 0. The molecule has 5 nitrogen and oxygen atoms in total. The Hall–Kier alpha value is -1.62. The van der Waals surface area contributed by atoms with E-state index >= 15 is 0 Å². The number of rotatable bonds is 2. The highest BCUT2D eigenvalue weighted by Crippen LogP contribution is 2.26. The van der Waals surface area contributed by atoms with Crippen LogP contribution < -0.4 is 0 Å². The number of amides is 1. The van der Waals surface area contributed by atoms with Crippen molar-refractivity contribution in [3.63, 3.8) is 0 Å². The number of likely N-dealkylation sites (tertiary alicyclic amines) is 1. The Bertz CT molecular complexity index is 533. The van der Waals surface area contributed by atoms with E-state index in [1.807, 2.05) is 0 Å². The van der Waals surface area contributed by atoms with E-state index in [1.54, 1.807) is 4.90 Å². The number of halogens is 1. The minimum absolute atomic E-state index is 0.0806. The Balaban J connectivity index is 2.28. The van der Waals surface area contributed by atoms with Gasteiger partial charge in [0.15, 0.2) is 0 Å². The summed E-state index contributed by atoms with van der Waals surface area (Å²) in [6.07, 6.45) is 2.95.